The maximum Gasteiger partial charge on any atom is 0.345 e. The van der Waals surface area contributed by atoms with Gasteiger partial charge in [0.2, 0.25) is 0 Å². The Morgan fingerprint density at radius 3 is 3.13 bits per heavy atom. The van der Waals surface area contributed by atoms with Gasteiger partial charge in [-0.05, 0) is 25.0 Å². The molecule has 1 fully saturated rings. The third-order valence-corrected chi connectivity index (χ3v) is 4.73. The zero-order chi connectivity index (χ0) is 15.6. The number of aromatic nitrogens is 1. The lowest BCUT2D eigenvalue weighted by atomic mass is 10.1. The third kappa shape index (κ3) is 3.00. The van der Waals surface area contributed by atoms with Gasteiger partial charge in [-0.25, -0.2) is 9.78 Å². The van der Waals surface area contributed by atoms with Gasteiger partial charge in [0.05, 0.1) is 17.4 Å². The van der Waals surface area contributed by atoms with E-state index in [1.54, 1.807) is 6.07 Å². The summed E-state index contributed by atoms with van der Waals surface area (Å²) in [6.45, 7) is 1.59. The average molecular weight is 328 g/mol. The minimum Gasteiger partial charge on any atom is -0.422 e. The zero-order valence-corrected chi connectivity index (χ0v) is 13.3. The van der Waals surface area contributed by atoms with Crippen LogP contribution >= 0.6 is 11.3 Å². The highest BCUT2D eigenvalue weighted by atomic mass is 32.1. The molecular formula is C17H16N2O3S. The van der Waals surface area contributed by atoms with Crippen LogP contribution in [0.4, 0.5) is 5.13 Å². The number of benzene rings is 1. The lowest BCUT2D eigenvalue weighted by Gasteiger charge is -2.09. The highest BCUT2D eigenvalue weighted by Gasteiger charge is 2.16. The van der Waals surface area contributed by atoms with Crippen LogP contribution in [0.2, 0.25) is 0 Å². The molecule has 0 amide bonds. The van der Waals surface area contributed by atoms with Crippen LogP contribution in [0.15, 0.2) is 44.9 Å². The average Bonchev–Trinajstić information content (AvgIpc) is 3.24. The van der Waals surface area contributed by atoms with Crippen LogP contribution in [-0.2, 0) is 4.74 Å². The van der Waals surface area contributed by atoms with Crippen molar-refractivity contribution >= 4 is 27.4 Å². The molecule has 1 aliphatic rings. The Hall–Kier alpha value is -2.18. The molecule has 5 nitrogen and oxygen atoms in total. The molecule has 1 N–H and O–H groups in total. The molecular weight excluding hydrogens is 312 g/mol. The number of rotatable bonds is 4. The first-order valence-corrected chi connectivity index (χ1v) is 8.52. The van der Waals surface area contributed by atoms with Crippen LogP contribution < -0.4 is 10.9 Å². The normalized spacial score (nSPS) is 17.7. The smallest absolute Gasteiger partial charge is 0.345 e. The fourth-order valence-corrected chi connectivity index (χ4v) is 3.45. The molecule has 1 aliphatic heterocycles. The largest absolute Gasteiger partial charge is 0.422 e. The van der Waals surface area contributed by atoms with Crippen LogP contribution in [0.5, 0.6) is 0 Å². The SMILES string of the molecule is O=c1oc2ccccc2cc1-c1csc(NCC2CCCO2)n1. The molecule has 3 heterocycles. The summed E-state index contributed by atoms with van der Waals surface area (Å²) in [6.07, 6.45) is 2.46. The van der Waals surface area contributed by atoms with Crippen LogP contribution in [0, 0.1) is 0 Å². The Labute approximate surface area is 136 Å². The lowest BCUT2D eigenvalue weighted by Crippen LogP contribution is -2.18. The van der Waals surface area contributed by atoms with Gasteiger partial charge in [0, 0.05) is 23.9 Å². The van der Waals surface area contributed by atoms with Gasteiger partial charge in [0.25, 0.3) is 0 Å². The number of hydrogen-bond donors (Lipinski definition) is 1. The first-order chi connectivity index (χ1) is 11.3. The fraction of sp³-hybridized carbons (Fsp3) is 0.294. The fourth-order valence-electron chi connectivity index (χ4n) is 2.73. The van der Waals surface area contributed by atoms with Crippen LogP contribution in [-0.4, -0.2) is 24.2 Å². The minimum absolute atomic E-state index is 0.257. The van der Waals surface area contributed by atoms with Crippen molar-refractivity contribution in [2.45, 2.75) is 18.9 Å². The van der Waals surface area contributed by atoms with Gasteiger partial charge in [0.15, 0.2) is 5.13 Å². The first-order valence-electron chi connectivity index (χ1n) is 7.64. The van der Waals surface area contributed by atoms with Crippen molar-refractivity contribution in [3.63, 3.8) is 0 Å². The number of nitrogens with zero attached hydrogens (tertiary/aromatic N) is 1. The summed E-state index contributed by atoms with van der Waals surface area (Å²) in [6, 6.07) is 9.31. The topological polar surface area (TPSA) is 64.4 Å². The maximum atomic E-state index is 12.2. The summed E-state index contributed by atoms with van der Waals surface area (Å²) in [5.41, 5.74) is 1.36. The van der Waals surface area contributed by atoms with Gasteiger partial charge in [0.1, 0.15) is 5.58 Å². The van der Waals surface area contributed by atoms with Gasteiger partial charge >= 0.3 is 5.63 Å². The predicted octanol–water partition coefficient (Wildman–Crippen LogP) is 3.51. The molecule has 0 saturated carbocycles. The Bertz CT molecular complexity index is 881. The van der Waals surface area contributed by atoms with Crippen molar-refractivity contribution in [3.05, 3.63) is 46.1 Å². The van der Waals surface area contributed by atoms with Crippen LogP contribution in [0.1, 0.15) is 12.8 Å². The molecule has 1 aromatic carbocycles. The van der Waals surface area contributed by atoms with Gasteiger partial charge in [-0.3, -0.25) is 0 Å². The Kier molecular flexibility index (Phi) is 3.85. The molecule has 118 valence electrons. The summed E-state index contributed by atoms with van der Waals surface area (Å²) >= 11 is 1.48. The minimum atomic E-state index is -0.361. The number of ether oxygens (including phenoxy) is 1. The molecule has 4 rings (SSSR count). The summed E-state index contributed by atoms with van der Waals surface area (Å²) in [5, 5.41) is 6.84. The Morgan fingerprint density at radius 2 is 2.26 bits per heavy atom. The quantitative estimate of drug-likeness (QED) is 0.743. The van der Waals surface area contributed by atoms with Gasteiger partial charge in [-0.15, -0.1) is 11.3 Å². The summed E-state index contributed by atoms with van der Waals surface area (Å²) < 4.78 is 10.9. The second-order valence-corrected chi connectivity index (χ2v) is 6.40. The number of nitrogens with one attached hydrogen (secondary N) is 1. The second-order valence-electron chi connectivity index (χ2n) is 5.54. The van der Waals surface area contributed by atoms with E-state index >= 15 is 0 Å². The molecule has 23 heavy (non-hydrogen) atoms. The molecule has 3 aromatic rings. The van der Waals surface area contributed by atoms with Crippen molar-refractivity contribution in [3.8, 4) is 11.3 Å². The molecule has 1 unspecified atom stereocenters. The van der Waals surface area contributed by atoms with E-state index in [2.05, 4.69) is 10.3 Å². The van der Waals surface area contributed by atoms with Gasteiger partial charge in [-0.1, -0.05) is 18.2 Å². The molecule has 0 radical (unpaired) electrons. The Morgan fingerprint density at radius 1 is 1.35 bits per heavy atom. The highest BCUT2D eigenvalue weighted by molar-refractivity contribution is 7.14. The molecule has 1 saturated heterocycles. The van der Waals surface area contributed by atoms with E-state index in [-0.39, 0.29) is 11.7 Å². The summed E-state index contributed by atoms with van der Waals surface area (Å²) in [4.78, 5) is 16.7. The van der Waals surface area contributed by atoms with E-state index in [9.17, 15) is 4.79 Å². The number of thiazole rings is 1. The van der Waals surface area contributed by atoms with E-state index in [1.807, 2.05) is 29.6 Å². The van der Waals surface area contributed by atoms with Crippen molar-refractivity contribution in [2.75, 3.05) is 18.5 Å². The number of para-hydroxylation sites is 1. The molecule has 2 aromatic heterocycles. The van der Waals surface area contributed by atoms with Crippen molar-refractivity contribution in [2.24, 2.45) is 0 Å². The maximum absolute atomic E-state index is 12.2. The van der Waals surface area contributed by atoms with Crippen molar-refractivity contribution in [1.29, 1.82) is 0 Å². The number of anilines is 1. The van der Waals surface area contributed by atoms with E-state index in [4.69, 9.17) is 9.15 Å². The first kappa shape index (κ1) is 14.4. The summed E-state index contributed by atoms with van der Waals surface area (Å²) in [5.74, 6) is 0. The van der Waals surface area contributed by atoms with Crippen LogP contribution in [0.3, 0.4) is 0 Å². The number of hydrogen-bond acceptors (Lipinski definition) is 6. The molecule has 0 bridgehead atoms. The molecule has 6 heteroatoms. The predicted molar refractivity (Wildman–Crippen MR) is 91.1 cm³/mol. The van der Waals surface area contributed by atoms with Crippen molar-refractivity contribution < 1.29 is 9.15 Å². The highest BCUT2D eigenvalue weighted by Crippen LogP contribution is 2.25. The van der Waals surface area contributed by atoms with Crippen molar-refractivity contribution in [1.82, 2.24) is 4.98 Å². The van der Waals surface area contributed by atoms with Gasteiger partial charge in [-0.2, -0.15) is 0 Å². The molecule has 0 aliphatic carbocycles. The standard InChI is InChI=1S/C17H16N2O3S/c20-16-13(8-11-4-1-2-6-15(11)22-16)14-10-23-17(19-14)18-9-12-5-3-7-21-12/h1-2,4,6,8,10,12H,3,5,7,9H2,(H,18,19). The third-order valence-electron chi connectivity index (χ3n) is 3.93. The second kappa shape index (κ2) is 6.14. The zero-order valence-electron chi connectivity index (χ0n) is 12.5. The van der Waals surface area contributed by atoms with Crippen LogP contribution in [0.25, 0.3) is 22.2 Å². The van der Waals surface area contributed by atoms with E-state index in [0.717, 1.165) is 36.5 Å². The molecule has 1 atom stereocenters. The van der Waals surface area contributed by atoms with E-state index in [0.29, 0.717) is 16.8 Å². The lowest BCUT2D eigenvalue weighted by molar-refractivity contribution is 0.120. The van der Waals surface area contributed by atoms with Gasteiger partial charge < -0.3 is 14.5 Å². The Balaban J connectivity index is 1.58. The summed E-state index contributed by atoms with van der Waals surface area (Å²) in [7, 11) is 0. The van der Waals surface area contributed by atoms with E-state index in [1.165, 1.54) is 11.3 Å². The van der Waals surface area contributed by atoms with E-state index < -0.39 is 0 Å². The number of fused-ring (bicyclic) bond motifs is 1. The molecule has 0 spiro atoms. The monoisotopic (exact) mass is 328 g/mol.